The van der Waals surface area contributed by atoms with Crippen LogP contribution in [0.1, 0.15) is 36.4 Å². The number of nitrogens with one attached hydrogen (secondary N) is 1. The zero-order valence-corrected chi connectivity index (χ0v) is 12.9. The van der Waals surface area contributed by atoms with Crippen LogP contribution in [0.25, 0.3) is 0 Å². The van der Waals surface area contributed by atoms with Gasteiger partial charge < -0.3 is 10.5 Å². The predicted molar refractivity (Wildman–Crippen MR) is 82.4 cm³/mol. The number of hydrogen-bond donors (Lipinski definition) is 2. The Labute approximate surface area is 125 Å². The number of ether oxygens (including phenoxy) is 1. The highest BCUT2D eigenvalue weighted by Gasteiger charge is 2.28. The maximum atomic E-state index is 12.3. The van der Waals surface area contributed by atoms with Crippen molar-refractivity contribution in [3.05, 3.63) is 29.3 Å². The van der Waals surface area contributed by atoms with Gasteiger partial charge in [-0.15, -0.1) is 0 Å². The molecule has 2 unspecified atom stereocenters. The summed E-state index contributed by atoms with van der Waals surface area (Å²) >= 11 is 0. The summed E-state index contributed by atoms with van der Waals surface area (Å²) in [5.41, 5.74) is 8.78. The van der Waals surface area contributed by atoms with Gasteiger partial charge in [0.25, 0.3) is 0 Å². The molecular weight excluding hydrogens is 288 g/mol. The van der Waals surface area contributed by atoms with Gasteiger partial charge in [0.2, 0.25) is 10.0 Å². The molecule has 1 saturated heterocycles. The summed E-state index contributed by atoms with van der Waals surface area (Å²) in [6, 6.07) is 5.63. The maximum absolute atomic E-state index is 12.3. The van der Waals surface area contributed by atoms with Gasteiger partial charge in [-0.1, -0.05) is 6.07 Å². The van der Waals surface area contributed by atoms with Crippen molar-refractivity contribution < 1.29 is 13.2 Å². The Morgan fingerprint density at radius 3 is 2.95 bits per heavy atom. The highest BCUT2D eigenvalue weighted by molar-refractivity contribution is 7.89. The fourth-order valence-corrected chi connectivity index (χ4v) is 4.90. The molecule has 21 heavy (non-hydrogen) atoms. The zero-order valence-electron chi connectivity index (χ0n) is 12.0. The molecule has 3 N–H and O–H groups in total. The van der Waals surface area contributed by atoms with E-state index in [9.17, 15) is 8.42 Å². The van der Waals surface area contributed by atoms with E-state index in [1.165, 1.54) is 0 Å². The van der Waals surface area contributed by atoms with Crippen molar-refractivity contribution in [2.45, 2.75) is 31.7 Å². The first-order chi connectivity index (χ1) is 10.0. The van der Waals surface area contributed by atoms with E-state index in [1.54, 1.807) is 0 Å². The molecule has 1 aliphatic heterocycles. The lowest BCUT2D eigenvalue weighted by Gasteiger charge is -2.27. The number of anilines is 1. The first-order valence-electron chi connectivity index (χ1n) is 7.49. The molecule has 1 aromatic rings. The monoisotopic (exact) mass is 310 g/mol. The van der Waals surface area contributed by atoms with E-state index in [1.807, 2.05) is 18.2 Å². The Morgan fingerprint density at radius 2 is 2.19 bits per heavy atom. The van der Waals surface area contributed by atoms with Crippen LogP contribution in [0.5, 0.6) is 0 Å². The van der Waals surface area contributed by atoms with Crippen molar-refractivity contribution in [3.8, 4) is 0 Å². The minimum absolute atomic E-state index is 0.122. The molecule has 6 heteroatoms. The molecule has 116 valence electrons. The number of nitrogens with two attached hydrogens (primary N) is 1. The third kappa shape index (κ3) is 3.56. The standard InChI is InChI=1S/C15H22N2O3S/c16-13-4-5-14-12(8-13)2-1-3-15(14)17-21(18,19)10-11-6-7-20-9-11/h4-5,8,11,15,17H,1-3,6-7,9-10,16H2. The summed E-state index contributed by atoms with van der Waals surface area (Å²) in [5.74, 6) is 0.283. The zero-order chi connectivity index (χ0) is 14.9. The van der Waals surface area contributed by atoms with Crippen molar-refractivity contribution in [2.75, 3.05) is 24.7 Å². The van der Waals surface area contributed by atoms with E-state index in [2.05, 4.69) is 4.72 Å². The fraction of sp³-hybridized carbons (Fsp3) is 0.600. The van der Waals surface area contributed by atoms with E-state index in [0.29, 0.717) is 13.2 Å². The van der Waals surface area contributed by atoms with Gasteiger partial charge in [-0.3, -0.25) is 0 Å². The summed E-state index contributed by atoms with van der Waals surface area (Å²) in [6.07, 6.45) is 3.63. The highest BCUT2D eigenvalue weighted by atomic mass is 32.2. The molecule has 2 aliphatic rings. The van der Waals surface area contributed by atoms with Crippen LogP contribution >= 0.6 is 0 Å². The van der Waals surface area contributed by atoms with Gasteiger partial charge in [-0.05, 0) is 54.9 Å². The molecule has 1 aromatic carbocycles. The van der Waals surface area contributed by atoms with Crippen molar-refractivity contribution in [3.63, 3.8) is 0 Å². The van der Waals surface area contributed by atoms with Gasteiger partial charge in [0.1, 0.15) is 0 Å². The quantitative estimate of drug-likeness (QED) is 0.828. The van der Waals surface area contributed by atoms with Crippen LogP contribution in [0.3, 0.4) is 0 Å². The highest BCUT2D eigenvalue weighted by Crippen LogP contribution is 2.31. The number of nitrogen functional groups attached to an aromatic ring is 1. The van der Waals surface area contributed by atoms with Crippen molar-refractivity contribution in [2.24, 2.45) is 5.92 Å². The van der Waals surface area contributed by atoms with Gasteiger partial charge in [0, 0.05) is 18.3 Å². The molecule has 0 aromatic heterocycles. The molecule has 1 aliphatic carbocycles. The lowest BCUT2D eigenvalue weighted by molar-refractivity contribution is 0.188. The minimum Gasteiger partial charge on any atom is -0.399 e. The summed E-state index contributed by atoms with van der Waals surface area (Å²) < 4.78 is 32.8. The number of fused-ring (bicyclic) bond motifs is 1. The van der Waals surface area contributed by atoms with E-state index in [-0.39, 0.29) is 17.7 Å². The van der Waals surface area contributed by atoms with Crippen LogP contribution in [0.15, 0.2) is 18.2 Å². The number of sulfonamides is 1. The van der Waals surface area contributed by atoms with Crippen molar-refractivity contribution in [1.82, 2.24) is 4.72 Å². The second-order valence-corrected chi connectivity index (χ2v) is 7.83. The molecule has 0 saturated carbocycles. The summed E-state index contributed by atoms with van der Waals surface area (Å²) in [6.45, 7) is 1.23. The molecule has 1 heterocycles. The molecule has 0 spiro atoms. The van der Waals surface area contributed by atoms with Crippen molar-refractivity contribution in [1.29, 1.82) is 0 Å². The van der Waals surface area contributed by atoms with Crippen LogP contribution in [0, 0.1) is 5.92 Å². The summed E-state index contributed by atoms with van der Waals surface area (Å²) in [7, 11) is -3.28. The average Bonchev–Trinajstić information content (AvgIpc) is 2.90. The van der Waals surface area contributed by atoms with Gasteiger partial charge in [0.15, 0.2) is 0 Å². The van der Waals surface area contributed by atoms with Crippen LogP contribution in [0.4, 0.5) is 5.69 Å². The van der Waals surface area contributed by atoms with Crippen LogP contribution < -0.4 is 10.5 Å². The van der Waals surface area contributed by atoms with E-state index < -0.39 is 10.0 Å². The van der Waals surface area contributed by atoms with E-state index in [0.717, 1.165) is 42.5 Å². The van der Waals surface area contributed by atoms with Crippen molar-refractivity contribution >= 4 is 15.7 Å². The Balaban J connectivity index is 1.73. The topological polar surface area (TPSA) is 81.4 Å². The molecular formula is C15H22N2O3S. The molecule has 2 atom stereocenters. The largest absolute Gasteiger partial charge is 0.399 e. The summed E-state index contributed by atoms with van der Waals surface area (Å²) in [5, 5.41) is 0. The second kappa shape index (κ2) is 5.94. The van der Waals surface area contributed by atoms with Crippen LogP contribution in [-0.4, -0.2) is 27.4 Å². The average molecular weight is 310 g/mol. The molecule has 5 nitrogen and oxygen atoms in total. The van der Waals surface area contributed by atoms with E-state index >= 15 is 0 Å². The normalized spacial score (nSPS) is 25.7. The Hall–Kier alpha value is -1.11. The minimum atomic E-state index is -3.28. The maximum Gasteiger partial charge on any atom is 0.212 e. The van der Waals surface area contributed by atoms with E-state index in [4.69, 9.17) is 10.5 Å². The molecule has 3 rings (SSSR count). The molecule has 1 fully saturated rings. The molecule has 0 radical (unpaired) electrons. The predicted octanol–water partition coefficient (Wildman–Crippen LogP) is 1.60. The third-order valence-electron chi connectivity index (χ3n) is 4.28. The first kappa shape index (κ1) is 14.8. The summed E-state index contributed by atoms with van der Waals surface area (Å²) in [4.78, 5) is 0. The Kier molecular flexibility index (Phi) is 4.19. The number of rotatable bonds is 4. The van der Waals surface area contributed by atoms with Crippen LogP contribution in [-0.2, 0) is 21.2 Å². The number of benzene rings is 1. The Morgan fingerprint density at radius 1 is 1.33 bits per heavy atom. The Bertz CT molecular complexity index is 609. The number of hydrogen-bond acceptors (Lipinski definition) is 4. The number of aryl methyl sites for hydroxylation is 1. The lowest BCUT2D eigenvalue weighted by atomic mass is 9.88. The van der Waals surface area contributed by atoms with Gasteiger partial charge in [0.05, 0.1) is 12.4 Å². The van der Waals surface area contributed by atoms with Gasteiger partial charge in [-0.25, -0.2) is 13.1 Å². The lowest BCUT2D eigenvalue weighted by Crippen LogP contribution is -2.35. The first-order valence-corrected chi connectivity index (χ1v) is 9.15. The smallest absolute Gasteiger partial charge is 0.212 e. The molecule has 0 amide bonds. The van der Waals surface area contributed by atoms with Crippen LogP contribution in [0.2, 0.25) is 0 Å². The van der Waals surface area contributed by atoms with Gasteiger partial charge >= 0.3 is 0 Å². The third-order valence-corrected chi connectivity index (χ3v) is 5.84. The molecule has 0 bridgehead atoms. The second-order valence-electron chi connectivity index (χ2n) is 6.03. The fourth-order valence-electron chi connectivity index (χ4n) is 3.25. The van der Waals surface area contributed by atoms with Gasteiger partial charge in [-0.2, -0.15) is 0 Å². The SMILES string of the molecule is Nc1ccc2c(c1)CCCC2NS(=O)(=O)CC1CCOC1.